The van der Waals surface area contributed by atoms with Crippen LogP contribution in [0.1, 0.15) is 38.3 Å². The van der Waals surface area contributed by atoms with Crippen molar-refractivity contribution in [1.29, 1.82) is 0 Å². The molecule has 1 aromatic heterocycles. The summed E-state index contributed by atoms with van der Waals surface area (Å²) in [6, 6.07) is 9.32. The second-order valence-corrected chi connectivity index (χ2v) is 9.87. The summed E-state index contributed by atoms with van der Waals surface area (Å²) in [5, 5.41) is 0. The molecule has 0 aliphatic carbocycles. The van der Waals surface area contributed by atoms with E-state index in [1.165, 1.54) is 22.6 Å². The van der Waals surface area contributed by atoms with Gasteiger partial charge in [0.1, 0.15) is 0 Å². The highest BCUT2D eigenvalue weighted by Gasteiger charge is 2.37. The molecule has 2 heterocycles. The summed E-state index contributed by atoms with van der Waals surface area (Å²) in [5.74, 6) is 2.49. The van der Waals surface area contributed by atoms with Crippen molar-refractivity contribution in [3.63, 3.8) is 0 Å². The predicted octanol–water partition coefficient (Wildman–Crippen LogP) is 4.90. The Labute approximate surface area is 142 Å². The molecule has 0 radical (unpaired) electrons. The summed E-state index contributed by atoms with van der Waals surface area (Å²) in [7, 11) is 0. The maximum atomic E-state index is 4.15. The fraction of sp³-hybridized carbons (Fsp3) is 0.500. The Balaban J connectivity index is 1.81. The first kappa shape index (κ1) is 16.0. The molecule has 2 nitrogen and oxygen atoms in total. The van der Waals surface area contributed by atoms with Crippen molar-refractivity contribution >= 4 is 23.5 Å². The first-order chi connectivity index (χ1) is 10.5. The molecule has 1 aliphatic rings. The fourth-order valence-corrected chi connectivity index (χ4v) is 6.07. The smallest absolute Gasteiger partial charge is 0.0945 e. The lowest BCUT2D eigenvalue weighted by molar-refractivity contribution is 0.588. The SMILES string of the molecule is CC(C)(C)c1ccc(C2(CCn3ccnc3)SCCS2)cc1. The van der Waals surface area contributed by atoms with Crippen LogP contribution in [0, 0.1) is 0 Å². The van der Waals surface area contributed by atoms with Gasteiger partial charge in [-0.25, -0.2) is 4.98 Å². The van der Waals surface area contributed by atoms with E-state index in [0.717, 1.165) is 13.0 Å². The minimum Gasteiger partial charge on any atom is -0.337 e. The van der Waals surface area contributed by atoms with E-state index in [4.69, 9.17) is 0 Å². The number of imidazole rings is 1. The van der Waals surface area contributed by atoms with Gasteiger partial charge in [-0.2, -0.15) is 0 Å². The summed E-state index contributed by atoms with van der Waals surface area (Å²) < 4.78 is 2.39. The lowest BCUT2D eigenvalue weighted by Gasteiger charge is -2.29. The van der Waals surface area contributed by atoms with Crippen LogP contribution in [0.15, 0.2) is 43.0 Å². The summed E-state index contributed by atoms with van der Waals surface area (Å²) in [6.45, 7) is 7.85. The van der Waals surface area contributed by atoms with E-state index < -0.39 is 0 Å². The zero-order chi connectivity index (χ0) is 15.6. The number of hydrogen-bond acceptors (Lipinski definition) is 3. The van der Waals surface area contributed by atoms with E-state index in [9.17, 15) is 0 Å². The molecule has 0 unspecified atom stereocenters. The Morgan fingerprint density at radius 1 is 1.14 bits per heavy atom. The number of rotatable bonds is 4. The standard InChI is InChI=1S/C18H24N2S2/c1-17(2,3)15-4-6-16(7-5-15)18(21-12-13-22-18)8-10-20-11-9-19-14-20/h4-7,9,11,14H,8,10,12-13H2,1-3H3. The number of benzene rings is 1. The van der Waals surface area contributed by atoms with Crippen LogP contribution in [-0.4, -0.2) is 21.1 Å². The molecular weight excluding hydrogens is 308 g/mol. The van der Waals surface area contributed by atoms with Crippen LogP contribution in [0.2, 0.25) is 0 Å². The minimum atomic E-state index is 0.209. The van der Waals surface area contributed by atoms with Crippen LogP contribution in [0.4, 0.5) is 0 Å². The molecule has 118 valence electrons. The molecule has 3 rings (SSSR count). The van der Waals surface area contributed by atoms with Crippen molar-refractivity contribution in [2.45, 2.75) is 43.2 Å². The Morgan fingerprint density at radius 2 is 1.82 bits per heavy atom. The van der Waals surface area contributed by atoms with Crippen molar-refractivity contribution in [3.05, 3.63) is 54.1 Å². The van der Waals surface area contributed by atoms with E-state index in [1.54, 1.807) is 0 Å². The van der Waals surface area contributed by atoms with Gasteiger partial charge >= 0.3 is 0 Å². The zero-order valence-corrected chi connectivity index (χ0v) is 15.2. The normalized spacial score (nSPS) is 17.8. The van der Waals surface area contributed by atoms with E-state index in [2.05, 4.69) is 84.3 Å². The third-order valence-corrected chi connectivity index (χ3v) is 7.80. The lowest BCUT2D eigenvalue weighted by atomic mass is 9.86. The Hall–Kier alpha value is -0.870. The lowest BCUT2D eigenvalue weighted by Crippen LogP contribution is -2.18. The predicted molar refractivity (Wildman–Crippen MR) is 98.6 cm³/mol. The minimum absolute atomic E-state index is 0.209. The molecule has 0 amide bonds. The Bertz CT molecular complexity index is 591. The highest BCUT2D eigenvalue weighted by atomic mass is 32.2. The first-order valence-electron chi connectivity index (χ1n) is 7.84. The van der Waals surface area contributed by atoms with Gasteiger partial charge < -0.3 is 4.57 Å². The van der Waals surface area contributed by atoms with Crippen molar-refractivity contribution in [1.82, 2.24) is 9.55 Å². The van der Waals surface area contributed by atoms with Gasteiger partial charge in [-0.3, -0.25) is 0 Å². The molecular formula is C18H24N2S2. The molecule has 1 saturated heterocycles. The molecule has 0 spiro atoms. The average molecular weight is 333 g/mol. The number of hydrogen-bond donors (Lipinski definition) is 0. The zero-order valence-electron chi connectivity index (χ0n) is 13.6. The van der Waals surface area contributed by atoms with Gasteiger partial charge in [-0.15, -0.1) is 23.5 Å². The number of nitrogens with zero attached hydrogens (tertiary/aromatic N) is 2. The van der Waals surface area contributed by atoms with Gasteiger partial charge in [-0.05, 0) is 23.0 Å². The molecule has 4 heteroatoms. The van der Waals surface area contributed by atoms with Gasteiger partial charge in [0.05, 0.1) is 10.4 Å². The summed E-state index contributed by atoms with van der Waals surface area (Å²) in [5.41, 5.74) is 3.10. The summed E-state index contributed by atoms with van der Waals surface area (Å²) >= 11 is 4.21. The second-order valence-electron chi connectivity index (χ2n) is 6.83. The molecule has 1 aliphatic heterocycles. The molecule has 0 bridgehead atoms. The maximum Gasteiger partial charge on any atom is 0.0945 e. The summed E-state index contributed by atoms with van der Waals surface area (Å²) in [4.78, 5) is 4.15. The van der Waals surface area contributed by atoms with Crippen LogP contribution in [0.3, 0.4) is 0 Å². The van der Waals surface area contributed by atoms with Crippen molar-refractivity contribution in [2.24, 2.45) is 0 Å². The number of thioether (sulfide) groups is 2. The second kappa shape index (κ2) is 6.32. The number of aromatic nitrogens is 2. The average Bonchev–Trinajstić information content (AvgIpc) is 3.17. The quantitative estimate of drug-likeness (QED) is 0.793. The van der Waals surface area contributed by atoms with Gasteiger partial charge in [0.2, 0.25) is 0 Å². The molecule has 2 aromatic rings. The molecule has 0 N–H and O–H groups in total. The van der Waals surface area contributed by atoms with Gasteiger partial charge in [0.15, 0.2) is 0 Å². The van der Waals surface area contributed by atoms with Crippen LogP contribution >= 0.6 is 23.5 Å². The third kappa shape index (κ3) is 3.38. The van der Waals surface area contributed by atoms with Crippen LogP contribution in [0.5, 0.6) is 0 Å². The van der Waals surface area contributed by atoms with Crippen LogP contribution < -0.4 is 0 Å². The highest BCUT2D eigenvalue weighted by molar-refractivity contribution is 8.20. The molecule has 1 aromatic carbocycles. The van der Waals surface area contributed by atoms with E-state index in [1.807, 2.05) is 12.5 Å². The van der Waals surface area contributed by atoms with E-state index in [0.29, 0.717) is 0 Å². The Kier molecular flexibility index (Phi) is 4.60. The topological polar surface area (TPSA) is 17.8 Å². The van der Waals surface area contributed by atoms with E-state index >= 15 is 0 Å². The van der Waals surface area contributed by atoms with Gasteiger partial charge in [-0.1, -0.05) is 45.0 Å². The Morgan fingerprint density at radius 3 is 2.36 bits per heavy atom. The first-order valence-corrected chi connectivity index (χ1v) is 9.81. The van der Waals surface area contributed by atoms with Crippen molar-refractivity contribution in [2.75, 3.05) is 11.5 Å². The molecule has 22 heavy (non-hydrogen) atoms. The highest BCUT2D eigenvalue weighted by Crippen LogP contribution is 2.54. The van der Waals surface area contributed by atoms with Gasteiger partial charge in [0.25, 0.3) is 0 Å². The van der Waals surface area contributed by atoms with Crippen LogP contribution in [0.25, 0.3) is 0 Å². The fourth-order valence-electron chi connectivity index (χ4n) is 2.83. The van der Waals surface area contributed by atoms with Crippen LogP contribution in [-0.2, 0) is 16.0 Å². The maximum absolute atomic E-state index is 4.15. The molecule has 0 atom stereocenters. The largest absolute Gasteiger partial charge is 0.337 e. The van der Waals surface area contributed by atoms with E-state index in [-0.39, 0.29) is 9.49 Å². The molecule has 1 fully saturated rings. The monoisotopic (exact) mass is 332 g/mol. The van der Waals surface area contributed by atoms with Crippen molar-refractivity contribution in [3.8, 4) is 0 Å². The van der Waals surface area contributed by atoms with Crippen molar-refractivity contribution < 1.29 is 0 Å². The molecule has 0 saturated carbocycles. The summed E-state index contributed by atoms with van der Waals surface area (Å²) in [6.07, 6.45) is 6.98. The van der Waals surface area contributed by atoms with Gasteiger partial charge in [0, 0.05) is 30.4 Å². The third-order valence-electron chi connectivity index (χ3n) is 4.20. The number of aryl methyl sites for hydroxylation is 1.